The Bertz CT molecular complexity index is 1090. The van der Waals surface area contributed by atoms with Crippen LogP contribution in [0.25, 0.3) is 20.8 Å². The number of thiazole rings is 2. The standard InChI is InChI=1S/C22H19N3OS2/c26-20(13-16-14-27-21(23-16)15-7-2-1-3-8-15)25-12-6-10-18(25)22-24-17-9-4-5-11-19(17)28-22/h1-5,7-9,11,14,18H,6,10,12-13H2. The van der Waals surface area contributed by atoms with Crippen molar-refractivity contribution in [3.05, 3.63) is 70.7 Å². The minimum Gasteiger partial charge on any atom is -0.333 e. The lowest BCUT2D eigenvalue weighted by atomic mass is 10.2. The van der Waals surface area contributed by atoms with Crippen molar-refractivity contribution in [2.75, 3.05) is 6.54 Å². The molecule has 4 nitrogen and oxygen atoms in total. The van der Waals surface area contributed by atoms with E-state index >= 15 is 0 Å². The Hall–Kier alpha value is -2.57. The highest BCUT2D eigenvalue weighted by Crippen LogP contribution is 2.36. The molecule has 1 amide bonds. The summed E-state index contributed by atoms with van der Waals surface area (Å²) in [5.74, 6) is 0.145. The van der Waals surface area contributed by atoms with Crippen LogP contribution in [-0.2, 0) is 11.2 Å². The summed E-state index contributed by atoms with van der Waals surface area (Å²) in [5, 5.41) is 4.02. The van der Waals surface area contributed by atoms with E-state index in [1.807, 2.05) is 58.8 Å². The Morgan fingerprint density at radius 3 is 2.75 bits per heavy atom. The number of aromatic nitrogens is 2. The molecule has 1 fully saturated rings. The monoisotopic (exact) mass is 405 g/mol. The van der Waals surface area contributed by atoms with Crippen molar-refractivity contribution >= 4 is 38.8 Å². The van der Waals surface area contributed by atoms with Crippen molar-refractivity contribution in [3.8, 4) is 10.6 Å². The second kappa shape index (κ2) is 7.45. The highest BCUT2D eigenvalue weighted by Gasteiger charge is 2.32. The number of amides is 1. The van der Waals surface area contributed by atoms with Crippen LogP contribution in [0.4, 0.5) is 0 Å². The zero-order valence-corrected chi connectivity index (χ0v) is 16.9. The summed E-state index contributed by atoms with van der Waals surface area (Å²) in [4.78, 5) is 24.5. The van der Waals surface area contributed by atoms with Crippen LogP contribution in [0.1, 0.15) is 29.6 Å². The van der Waals surface area contributed by atoms with Gasteiger partial charge in [0.2, 0.25) is 5.91 Å². The van der Waals surface area contributed by atoms with Crippen LogP contribution in [0.5, 0.6) is 0 Å². The number of para-hydroxylation sites is 1. The second-order valence-corrected chi connectivity index (χ2v) is 8.87. The topological polar surface area (TPSA) is 46.1 Å². The van der Waals surface area contributed by atoms with Gasteiger partial charge in [-0.3, -0.25) is 4.79 Å². The predicted octanol–water partition coefficient (Wildman–Crippen LogP) is 5.33. The molecule has 3 heterocycles. The fourth-order valence-corrected chi connectivity index (χ4v) is 5.65. The van der Waals surface area contributed by atoms with Crippen LogP contribution in [0.2, 0.25) is 0 Å². The van der Waals surface area contributed by atoms with E-state index in [1.54, 1.807) is 22.7 Å². The Morgan fingerprint density at radius 2 is 1.89 bits per heavy atom. The third-order valence-corrected chi connectivity index (χ3v) is 7.15. The van der Waals surface area contributed by atoms with Gasteiger partial charge >= 0.3 is 0 Å². The minimum atomic E-state index is 0.0946. The predicted molar refractivity (Wildman–Crippen MR) is 115 cm³/mol. The van der Waals surface area contributed by atoms with E-state index in [-0.39, 0.29) is 11.9 Å². The summed E-state index contributed by atoms with van der Waals surface area (Å²) in [7, 11) is 0. The van der Waals surface area contributed by atoms with Gasteiger partial charge in [0.1, 0.15) is 10.0 Å². The van der Waals surface area contributed by atoms with Crippen molar-refractivity contribution in [3.63, 3.8) is 0 Å². The first-order chi connectivity index (χ1) is 13.8. The molecule has 140 valence electrons. The lowest BCUT2D eigenvalue weighted by molar-refractivity contribution is -0.131. The van der Waals surface area contributed by atoms with Gasteiger partial charge in [-0.2, -0.15) is 0 Å². The molecule has 0 spiro atoms. The summed E-state index contributed by atoms with van der Waals surface area (Å²) in [6.45, 7) is 0.801. The molecule has 1 aliphatic heterocycles. The summed E-state index contributed by atoms with van der Waals surface area (Å²) < 4.78 is 1.18. The van der Waals surface area contributed by atoms with Crippen LogP contribution in [-0.4, -0.2) is 27.3 Å². The van der Waals surface area contributed by atoms with Crippen LogP contribution in [0.15, 0.2) is 60.0 Å². The Labute approximate surface area is 171 Å². The lowest BCUT2D eigenvalue weighted by Crippen LogP contribution is -2.31. The molecular weight excluding hydrogens is 386 g/mol. The van der Waals surface area contributed by atoms with Crippen molar-refractivity contribution in [1.29, 1.82) is 0 Å². The normalized spacial score (nSPS) is 16.7. The Balaban J connectivity index is 1.34. The maximum Gasteiger partial charge on any atom is 0.229 e. The highest BCUT2D eigenvalue weighted by atomic mass is 32.1. The quantitative estimate of drug-likeness (QED) is 0.461. The summed E-state index contributed by atoms with van der Waals surface area (Å²) in [5.41, 5.74) is 2.97. The molecule has 1 saturated heterocycles. The lowest BCUT2D eigenvalue weighted by Gasteiger charge is -2.22. The van der Waals surface area contributed by atoms with E-state index in [1.165, 1.54) is 4.70 Å². The van der Waals surface area contributed by atoms with Crippen LogP contribution >= 0.6 is 22.7 Å². The van der Waals surface area contributed by atoms with Crippen LogP contribution < -0.4 is 0 Å². The van der Waals surface area contributed by atoms with Gasteiger partial charge in [0.15, 0.2) is 0 Å². The van der Waals surface area contributed by atoms with E-state index in [4.69, 9.17) is 4.98 Å². The van der Waals surface area contributed by atoms with Gasteiger partial charge in [0, 0.05) is 17.5 Å². The number of hydrogen-bond donors (Lipinski definition) is 0. The first-order valence-electron chi connectivity index (χ1n) is 9.43. The van der Waals surface area contributed by atoms with Gasteiger partial charge in [0.05, 0.1) is 28.4 Å². The van der Waals surface area contributed by atoms with E-state index in [9.17, 15) is 4.79 Å². The molecule has 0 aliphatic carbocycles. The van der Waals surface area contributed by atoms with Crippen molar-refractivity contribution in [2.24, 2.45) is 0 Å². The van der Waals surface area contributed by atoms with Gasteiger partial charge in [-0.05, 0) is 25.0 Å². The van der Waals surface area contributed by atoms with E-state index in [2.05, 4.69) is 11.1 Å². The summed E-state index contributed by atoms with van der Waals surface area (Å²) in [6.07, 6.45) is 2.36. The molecule has 1 aliphatic rings. The molecule has 2 aromatic heterocycles. The summed E-state index contributed by atoms with van der Waals surface area (Å²) >= 11 is 3.30. The molecule has 0 N–H and O–H groups in total. The van der Waals surface area contributed by atoms with Gasteiger partial charge in [-0.1, -0.05) is 42.5 Å². The molecule has 0 saturated carbocycles. The minimum absolute atomic E-state index is 0.0946. The first-order valence-corrected chi connectivity index (χ1v) is 11.1. The molecule has 0 radical (unpaired) electrons. The highest BCUT2D eigenvalue weighted by molar-refractivity contribution is 7.18. The molecular formula is C22H19N3OS2. The zero-order chi connectivity index (χ0) is 18.9. The van der Waals surface area contributed by atoms with Gasteiger partial charge < -0.3 is 4.90 Å². The molecule has 1 unspecified atom stereocenters. The van der Waals surface area contributed by atoms with Crippen molar-refractivity contribution in [1.82, 2.24) is 14.9 Å². The number of likely N-dealkylation sites (tertiary alicyclic amines) is 1. The summed E-state index contributed by atoms with van der Waals surface area (Å²) in [6, 6.07) is 18.4. The van der Waals surface area contributed by atoms with Gasteiger partial charge in [-0.25, -0.2) is 9.97 Å². The zero-order valence-electron chi connectivity index (χ0n) is 15.2. The molecule has 0 bridgehead atoms. The molecule has 1 atom stereocenters. The van der Waals surface area contributed by atoms with E-state index < -0.39 is 0 Å². The van der Waals surface area contributed by atoms with Gasteiger partial charge in [-0.15, -0.1) is 22.7 Å². The Kier molecular flexibility index (Phi) is 4.66. The fourth-order valence-electron chi connectivity index (χ4n) is 3.71. The number of nitrogens with zero attached hydrogens (tertiary/aromatic N) is 3. The fraction of sp³-hybridized carbons (Fsp3) is 0.227. The third-order valence-electron chi connectivity index (χ3n) is 5.07. The van der Waals surface area contributed by atoms with Crippen LogP contribution in [0.3, 0.4) is 0 Å². The molecule has 28 heavy (non-hydrogen) atoms. The number of carbonyl (C=O) groups excluding carboxylic acids is 1. The molecule has 6 heteroatoms. The van der Waals surface area contributed by atoms with Crippen molar-refractivity contribution < 1.29 is 4.79 Å². The van der Waals surface area contributed by atoms with E-state index in [0.29, 0.717) is 6.42 Å². The second-order valence-electron chi connectivity index (χ2n) is 6.95. The average molecular weight is 406 g/mol. The third kappa shape index (κ3) is 3.34. The number of benzene rings is 2. The first kappa shape index (κ1) is 17.5. The Morgan fingerprint density at radius 1 is 1.07 bits per heavy atom. The largest absolute Gasteiger partial charge is 0.333 e. The number of carbonyl (C=O) groups is 1. The SMILES string of the molecule is O=C(Cc1csc(-c2ccccc2)n1)N1CCCC1c1nc2ccccc2s1. The van der Waals surface area contributed by atoms with E-state index in [0.717, 1.165) is 46.2 Å². The number of fused-ring (bicyclic) bond motifs is 1. The number of rotatable bonds is 4. The van der Waals surface area contributed by atoms with Crippen molar-refractivity contribution in [2.45, 2.75) is 25.3 Å². The molecule has 5 rings (SSSR count). The number of hydrogen-bond acceptors (Lipinski definition) is 5. The average Bonchev–Trinajstić information content (AvgIpc) is 3.47. The smallest absolute Gasteiger partial charge is 0.229 e. The maximum absolute atomic E-state index is 13.0. The molecule has 4 aromatic rings. The molecule has 2 aromatic carbocycles. The van der Waals surface area contributed by atoms with Crippen LogP contribution in [0, 0.1) is 0 Å². The van der Waals surface area contributed by atoms with Gasteiger partial charge in [0.25, 0.3) is 0 Å². The maximum atomic E-state index is 13.0.